The maximum absolute atomic E-state index is 5.99. The summed E-state index contributed by atoms with van der Waals surface area (Å²) < 4.78 is 5.66. The first-order valence-corrected chi connectivity index (χ1v) is 8.65. The first-order valence-electron chi connectivity index (χ1n) is 7.29. The Bertz CT molecular complexity index is 505. The maximum atomic E-state index is 5.99. The molecular formula is C15H20ClN3OS. The van der Waals surface area contributed by atoms with E-state index in [9.17, 15) is 0 Å². The molecule has 0 aromatic heterocycles. The highest BCUT2D eigenvalue weighted by Gasteiger charge is 2.20. The molecule has 2 heterocycles. The van der Waals surface area contributed by atoms with Crippen molar-refractivity contribution in [3.8, 4) is 0 Å². The summed E-state index contributed by atoms with van der Waals surface area (Å²) in [6, 6.07) is 7.97. The second-order valence-corrected chi connectivity index (χ2v) is 6.75. The summed E-state index contributed by atoms with van der Waals surface area (Å²) in [6.45, 7) is 3.49. The Hall–Kier alpha value is -0.750. The van der Waals surface area contributed by atoms with E-state index in [0.29, 0.717) is 6.10 Å². The van der Waals surface area contributed by atoms with Crippen LogP contribution in [0, 0.1) is 0 Å². The molecule has 1 unspecified atom stereocenters. The van der Waals surface area contributed by atoms with Gasteiger partial charge in [0.2, 0.25) is 0 Å². The van der Waals surface area contributed by atoms with Gasteiger partial charge in [-0.2, -0.15) is 0 Å². The summed E-state index contributed by atoms with van der Waals surface area (Å²) in [5.74, 6) is 0.887. The Labute approximate surface area is 134 Å². The predicted octanol–water partition coefficient (Wildman–Crippen LogP) is 2.93. The minimum atomic E-state index is 0.391. The standard InChI is InChI=1S/C15H20ClN3OS/c16-13-4-1-3-12(7-13)9-21-15-17-10-19(11-18-15)8-14-5-2-6-20-14/h1,3-4,7,14H,2,5-6,8-11H2,(H,17,18). The van der Waals surface area contributed by atoms with Crippen molar-refractivity contribution in [2.45, 2.75) is 24.7 Å². The van der Waals surface area contributed by atoms with Crippen molar-refractivity contribution < 1.29 is 4.74 Å². The molecule has 6 heteroatoms. The van der Waals surface area contributed by atoms with Gasteiger partial charge in [-0.3, -0.25) is 4.90 Å². The van der Waals surface area contributed by atoms with Crippen LogP contribution in [0.3, 0.4) is 0 Å². The minimum absolute atomic E-state index is 0.391. The van der Waals surface area contributed by atoms with E-state index < -0.39 is 0 Å². The number of halogens is 1. The summed E-state index contributed by atoms with van der Waals surface area (Å²) in [5, 5.41) is 5.18. The Morgan fingerprint density at radius 2 is 2.43 bits per heavy atom. The van der Waals surface area contributed by atoms with Crippen LogP contribution in [0.25, 0.3) is 0 Å². The highest BCUT2D eigenvalue weighted by atomic mass is 35.5. The van der Waals surface area contributed by atoms with Crippen molar-refractivity contribution in [3.63, 3.8) is 0 Å². The number of ether oxygens (including phenoxy) is 1. The van der Waals surface area contributed by atoms with Crippen LogP contribution in [0.15, 0.2) is 29.3 Å². The van der Waals surface area contributed by atoms with Crippen molar-refractivity contribution in [3.05, 3.63) is 34.9 Å². The molecule has 2 aliphatic rings. The van der Waals surface area contributed by atoms with Gasteiger partial charge in [0.15, 0.2) is 5.17 Å². The van der Waals surface area contributed by atoms with Gasteiger partial charge < -0.3 is 10.1 Å². The third kappa shape index (κ3) is 4.61. The zero-order valence-electron chi connectivity index (χ0n) is 11.9. The molecule has 1 aromatic carbocycles. The van der Waals surface area contributed by atoms with E-state index in [0.717, 1.165) is 42.4 Å². The lowest BCUT2D eigenvalue weighted by Gasteiger charge is -2.28. The second-order valence-electron chi connectivity index (χ2n) is 5.35. The molecule has 3 rings (SSSR count). The Morgan fingerprint density at radius 1 is 1.48 bits per heavy atom. The van der Waals surface area contributed by atoms with Crippen molar-refractivity contribution in [1.29, 1.82) is 0 Å². The fourth-order valence-electron chi connectivity index (χ4n) is 2.52. The molecule has 0 saturated carbocycles. The first kappa shape index (κ1) is 15.2. The van der Waals surface area contributed by atoms with Crippen LogP contribution in [0.5, 0.6) is 0 Å². The molecule has 1 atom stereocenters. The number of aliphatic imine (C=N–C) groups is 1. The molecule has 0 bridgehead atoms. The first-order chi connectivity index (χ1) is 10.3. The van der Waals surface area contributed by atoms with Crippen LogP contribution in [0.1, 0.15) is 18.4 Å². The monoisotopic (exact) mass is 325 g/mol. The Kier molecular flexibility index (Phi) is 5.41. The predicted molar refractivity (Wildman–Crippen MR) is 88.7 cm³/mol. The van der Waals surface area contributed by atoms with Gasteiger partial charge in [-0.1, -0.05) is 35.5 Å². The normalized spacial score (nSPS) is 22.9. The van der Waals surface area contributed by atoms with Gasteiger partial charge in [0.05, 0.1) is 19.4 Å². The quantitative estimate of drug-likeness (QED) is 0.923. The number of thioether (sulfide) groups is 1. The third-order valence-corrected chi connectivity index (χ3v) is 4.88. The van der Waals surface area contributed by atoms with Crippen molar-refractivity contribution in [2.75, 3.05) is 26.5 Å². The summed E-state index contributed by atoms with van der Waals surface area (Å²) in [6.07, 6.45) is 2.76. The molecule has 0 aliphatic carbocycles. The van der Waals surface area contributed by atoms with Gasteiger partial charge in [0.25, 0.3) is 0 Å². The summed E-state index contributed by atoms with van der Waals surface area (Å²) in [5.41, 5.74) is 1.22. The number of amidine groups is 1. The molecule has 1 N–H and O–H groups in total. The lowest BCUT2D eigenvalue weighted by molar-refractivity contribution is 0.0717. The smallest absolute Gasteiger partial charge is 0.159 e. The number of rotatable bonds is 4. The fourth-order valence-corrected chi connectivity index (χ4v) is 3.53. The van der Waals surface area contributed by atoms with E-state index in [1.54, 1.807) is 11.8 Å². The van der Waals surface area contributed by atoms with E-state index in [2.05, 4.69) is 21.3 Å². The number of nitrogens with zero attached hydrogens (tertiary/aromatic N) is 2. The van der Waals surface area contributed by atoms with Gasteiger partial charge in [-0.15, -0.1) is 0 Å². The zero-order chi connectivity index (χ0) is 14.5. The van der Waals surface area contributed by atoms with Crippen LogP contribution >= 0.6 is 23.4 Å². The van der Waals surface area contributed by atoms with Gasteiger partial charge in [-0.25, -0.2) is 4.99 Å². The summed E-state index contributed by atoms with van der Waals surface area (Å²) >= 11 is 7.72. The average Bonchev–Trinajstić information content (AvgIpc) is 3.00. The van der Waals surface area contributed by atoms with Crippen molar-refractivity contribution >= 4 is 28.5 Å². The maximum Gasteiger partial charge on any atom is 0.159 e. The lowest BCUT2D eigenvalue weighted by Crippen LogP contribution is -2.44. The number of benzene rings is 1. The SMILES string of the molecule is Clc1cccc(CSC2=NCN(CC3CCCO3)CN2)c1. The third-order valence-electron chi connectivity index (χ3n) is 3.62. The van der Waals surface area contributed by atoms with E-state index in [1.165, 1.54) is 18.4 Å². The number of hydrogen-bond donors (Lipinski definition) is 1. The molecule has 1 fully saturated rings. The zero-order valence-corrected chi connectivity index (χ0v) is 13.5. The molecule has 4 nitrogen and oxygen atoms in total. The molecule has 0 spiro atoms. The molecular weight excluding hydrogens is 306 g/mol. The largest absolute Gasteiger partial charge is 0.377 e. The molecule has 2 aliphatic heterocycles. The van der Waals surface area contributed by atoms with Crippen LogP contribution in [0.4, 0.5) is 0 Å². The number of hydrogen-bond acceptors (Lipinski definition) is 5. The average molecular weight is 326 g/mol. The topological polar surface area (TPSA) is 36.9 Å². The minimum Gasteiger partial charge on any atom is -0.377 e. The van der Waals surface area contributed by atoms with Crippen LogP contribution < -0.4 is 5.32 Å². The van der Waals surface area contributed by atoms with Crippen molar-refractivity contribution in [1.82, 2.24) is 10.2 Å². The fraction of sp³-hybridized carbons (Fsp3) is 0.533. The lowest BCUT2D eigenvalue weighted by atomic mass is 10.2. The van der Waals surface area contributed by atoms with Gasteiger partial charge in [-0.05, 0) is 30.5 Å². The van der Waals surface area contributed by atoms with E-state index in [-0.39, 0.29) is 0 Å². The van der Waals surface area contributed by atoms with E-state index in [4.69, 9.17) is 16.3 Å². The molecule has 1 saturated heterocycles. The molecule has 21 heavy (non-hydrogen) atoms. The van der Waals surface area contributed by atoms with Crippen LogP contribution in [0.2, 0.25) is 5.02 Å². The molecule has 1 aromatic rings. The Morgan fingerprint density at radius 3 is 3.14 bits per heavy atom. The van der Waals surface area contributed by atoms with Gasteiger partial charge in [0, 0.05) is 23.9 Å². The summed E-state index contributed by atoms with van der Waals surface area (Å²) in [7, 11) is 0. The highest BCUT2D eigenvalue weighted by molar-refractivity contribution is 8.13. The van der Waals surface area contributed by atoms with Crippen LogP contribution in [-0.2, 0) is 10.5 Å². The van der Waals surface area contributed by atoms with Crippen LogP contribution in [-0.4, -0.2) is 42.7 Å². The molecule has 114 valence electrons. The van der Waals surface area contributed by atoms with Gasteiger partial charge >= 0.3 is 0 Å². The molecule has 0 radical (unpaired) electrons. The highest BCUT2D eigenvalue weighted by Crippen LogP contribution is 2.19. The van der Waals surface area contributed by atoms with E-state index in [1.807, 2.05) is 18.2 Å². The summed E-state index contributed by atoms with van der Waals surface area (Å²) in [4.78, 5) is 6.89. The number of nitrogens with one attached hydrogen (secondary N) is 1. The van der Waals surface area contributed by atoms with Gasteiger partial charge in [0.1, 0.15) is 0 Å². The second kappa shape index (κ2) is 7.49. The van der Waals surface area contributed by atoms with Crippen molar-refractivity contribution in [2.24, 2.45) is 4.99 Å². The Balaban J connectivity index is 1.44. The molecule has 0 amide bonds. The van der Waals surface area contributed by atoms with E-state index >= 15 is 0 Å².